The minimum Gasteiger partial charge on any atom is -0.350 e. The number of anilines is 1. The molecule has 0 radical (unpaired) electrons. The average molecular weight is 484 g/mol. The Balaban J connectivity index is 1.50. The van der Waals surface area contributed by atoms with Crippen LogP contribution in [0.25, 0.3) is 10.9 Å². The first-order valence-corrected chi connectivity index (χ1v) is 13.0. The fourth-order valence-corrected chi connectivity index (χ4v) is 5.78. The lowest BCUT2D eigenvalue weighted by atomic mass is 10.1. The number of rotatable bonds is 6. The van der Waals surface area contributed by atoms with E-state index in [9.17, 15) is 8.42 Å². The maximum Gasteiger partial charge on any atom is 0.243 e. The third-order valence-electron chi connectivity index (χ3n) is 5.93. The van der Waals surface area contributed by atoms with Gasteiger partial charge in [-0.25, -0.2) is 8.42 Å². The molecule has 1 aromatic heterocycles. The van der Waals surface area contributed by atoms with Gasteiger partial charge < -0.3 is 9.88 Å². The average Bonchev–Trinajstić information content (AvgIpc) is 3.15. The predicted molar refractivity (Wildman–Crippen MR) is 138 cm³/mol. The summed E-state index contributed by atoms with van der Waals surface area (Å²) >= 11 is 5.33. The molecule has 0 unspecified atom stereocenters. The molecule has 0 bridgehead atoms. The van der Waals surface area contributed by atoms with Crippen LogP contribution in [0.15, 0.2) is 58.7 Å². The van der Waals surface area contributed by atoms with Crippen molar-refractivity contribution < 1.29 is 8.42 Å². The minimum absolute atomic E-state index is 0.318. The number of aromatic nitrogens is 1. The predicted octanol–water partition coefficient (Wildman–Crippen LogP) is 4.24. The van der Waals surface area contributed by atoms with Crippen LogP contribution in [-0.4, -0.2) is 41.7 Å². The lowest BCUT2D eigenvalue weighted by Crippen LogP contribution is -2.35. The quantitative estimate of drug-likeness (QED) is 0.312. The smallest absolute Gasteiger partial charge is 0.243 e. The fraction of sp³-hybridized carbons (Fsp3) is 0.333. The Morgan fingerprint density at radius 1 is 1.12 bits per heavy atom. The van der Waals surface area contributed by atoms with Crippen LogP contribution in [0.1, 0.15) is 37.3 Å². The summed E-state index contributed by atoms with van der Waals surface area (Å²) in [7, 11) is -1.57. The van der Waals surface area contributed by atoms with Crippen LogP contribution >= 0.6 is 12.2 Å². The first-order chi connectivity index (χ1) is 15.9. The number of aryl methyl sites for hydroxylation is 2. The second-order valence-corrected chi connectivity index (χ2v) is 10.6. The molecule has 1 fully saturated rings. The molecule has 2 heterocycles. The Morgan fingerprint density at radius 3 is 2.55 bits per heavy atom. The van der Waals surface area contributed by atoms with Crippen LogP contribution in [0.3, 0.4) is 0 Å². The molecule has 0 spiro atoms. The highest BCUT2D eigenvalue weighted by Gasteiger charge is 2.26. The summed E-state index contributed by atoms with van der Waals surface area (Å²) in [6, 6.07) is 13.3. The van der Waals surface area contributed by atoms with Crippen molar-refractivity contribution in [2.24, 2.45) is 12.1 Å². The molecule has 2 aromatic carbocycles. The van der Waals surface area contributed by atoms with Gasteiger partial charge in [-0.1, -0.05) is 25.5 Å². The van der Waals surface area contributed by atoms with E-state index in [1.54, 1.807) is 22.7 Å². The zero-order valence-corrected chi connectivity index (χ0v) is 20.5. The Morgan fingerprint density at radius 2 is 1.85 bits per heavy atom. The van der Waals surface area contributed by atoms with Crippen LogP contribution in [0, 0.1) is 0 Å². The highest BCUT2D eigenvalue weighted by molar-refractivity contribution is 7.89. The van der Waals surface area contributed by atoms with Crippen molar-refractivity contribution >= 4 is 50.2 Å². The SMILES string of the molecule is CCc1ccc(NC(=S)N/N=C/c2cn(C)c3ccc(S(=O)(=O)N4CCCCC4)cc23)cc1. The summed E-state index contributed by atoms with van der Waals surface area (Å²) in [4.78, 5) is 0.318. The van der Waals surface area contributed by atoms with Gasteiger partial charge in [0.15, 0.2) is 5.11 Å². The number of hydrazone groups is 1. The Labute approximate surface area is 200 Å². The van der Waals surface area contributed by atoms with E-state index in [1.165, 1.54) is 5.56 Å². The van der Waals surface area contributed by atoms with Crippen LogP contribution in [0.4, 0.5) is 5.69 Å². The van der Waals surface area contributed by atoms with E-state index in [0.29, 0.717) is 23.1 Å². The van der Waals surface area contributed by atoms with Gasteiger partial charge in [0.2, 0.25) is 10.0 Å². The largest absolute Gasteiger partial charge is 0.350 e. The minimum atomic E-state index is -3.50. The first kappa shape index (κ1) is 23.4. The maximum absolute atomic E-state index is 13.1. The molecule has 4 rings (SSSR count). The lowest BCUT2D eigenvalue weighted by Gasteiger charge is -2.25. The normalized spacial score (nSPS) is 15.2. The molecule has 33 heavy (non-hydrogen) atoms. The van der Waals surface area contributed by atoms with Gasteiger partial charge >= 0.3 is 0 Å². The Bertz CT molecular complexity index is 1270. The monoisotopic (exact) mass is 483 g/mol. The highest BCUT2D eigenvalue weighted by Crippen LogP contribution is 2.26. The summed E-state index contributed by atoms with van der Waals surface area (Å²) in [5.41, 5.74) is 6.73. The molecule has 1 aliphatic heterocycles. The van der Waals surface area contributed by atoms with Crippen LogP contribution in [0.2, 0.25) is 0 Å². The number of nitrogens with zero attached hydrogens (tertiary/aromatic N) is 3. The van der Waals surface area contributed by atoms with Gasteiger partial charge in [0.1, 0.15) is 0 Å². The molecular weight excluding hydrogens is 454 g/mol. The summed E-state index contributed by atoms with van der Waals surface area (Å²) in [6.45, 7) is 3.28. The summed E-state index contributed by atoms with van der Waals surface area (Å²) < 4.78 is 29.8. The molecule has 0 atom stereocenters. The second-order valence-electron chi connectivity index (χ2n) is 8.21. The lowest BCUT2D eigenvalue weighted by molar-refractivity contribution is 0.346. The Kier molecular flexibility index (Phi) is 7.11. The van der Waals surface area contributed by atoms with E-state index in [-0.39, 0.29) is 0 Å². The number of sulfonamides is 1. The Hall–Kier alpha value is -2.75. The third kappa shape index (κ3) is 5.26. The molecule has 0 amide bonds. The van der Waals surface area contributed by atoms with Crippen molar-refractivity contribution in [2.45, 2.75) is 37.5 Å². The molecule has 1 saturated heterocycles. The van der Waals surface area contributed by atoms with E-state index < -0.39 is 10.0 Å². The van der Waals surface area contributed by atoms with Gasteiger partial charge in [0, 0.05) is 48.5 Å². The topological polar surface area (TPSA) is 78.7 Å². The van der Waals surface area contributed by atoms with Crippen molar-refractivity contribution in [1.82, 2.24) is 14.3 Å². The van der Waals surface area contributed by atoms with Gasteiger partial charge in [-0.3, -0.25) is 5.43 Å². The molecule has 2 N–H and O–H groups in total. The van der Waals surface area contributed by atoms with E-state index in [0.717, 1.165) is 47.8 Å². The van der Waals surface area contributed by atoms with E-state index in [2.05, 4.69) is 34.9 Å². The second kappa shape index (κ2) is 10.0. The van der Waals surface area contributed by atoms with E-state index in [1.807, 2.05) is 36.0 Å². The summed E-state index contributed by atoms with van der Waals surface area (Å²) in [5.74, 6) is 0. The zero-order chi connectivity index (χ0) is 23.4. The molecule has 3 aromatic rings. The van der Waals surface area contributed by atoms with Crippen LogP contribution in [-0.2, 0) is 23.5 Å². The van der Waals surface area contributed by atoms with Crippen LogP contribution in [0.5, 0.6) is 0 Å². The maximum atomic E-state index is 13.1. The number of hydrogen-bond donors (Lipinski definition) is 2. The van der Waals surface area contributed by atoms with Crippen molar-refractivity contribution in [3.8, 4) is 0 Å². The van der Waals surface area contributed by atoms with Gasteiger partial charge in [0.05, 0.1) is 11.1 Å². The number of benzene rings is 2. The van der Waals surface area contributed by atoms with Crippen molar-refractivity contribution in [1.29, 1.82) is 0 Å². The molecule has 7 nitrogen and oxygen atoms in total. The number of piperidine rings is 1. The number of thiocarbonyl (C=S) groups is 1. The third-order valence-corrected chi connectivity index (χ3v) is 8.02. The number of hydrogen-bond acceptors (Lipinski definition) is 4. The first-order valence-electron chi connectivity index (χ1n) is 11.2. The summed E-state index contributed by atoms with van der Waals surface area (Å²) in [6.07, 6.45) is 7.47. The molecule has 0 saturated carbocycles. The summed E-state index contributed by atoms with van der Waals surface area (Å²) in [5, 5.41) is 8.58. The highest BCUT2D eigenvalue weighted by atomic mass is 32.2. The molecule has 0 aliphatic carbocycles. The van der Waals surface area contributed by atoms with Gasteiger partial charge in [-0.15, -0.1) is 0 Å². The molecule has 1 aliphatic rings. The molecular formula is C24H29N5O2S2. The molecule has 174 valence electrons. The standard InChI is InChI=1S/C24H29N5O2S2/c1-3-18-7-9-20(10-8-18)26-24(32)27-25-16-19-17-28(2)23-12-11-21(15-22(19)23)33(30,31)29-13-5-4-6-14-29/h7-12,15-17H,3-6,13-14H2,1-2H3,(H2,26,27,32)/b25-16+. The van der Waals surface area contributed by atoms with E-state index in [4.69, 9.17) is 12.2 Å². The zero-order valence-electron chi connectivity index (χ0n) is 18.9. The number of fused-ring (bicyclic) bond motifs is 1. The number of nitrogens with one attached hydrogen (secondary N) is 2. The van der Waals surface area contributed by atoms with E-state index >= 15 is 0 Å². The van der Waals surface area contributed by atoms with Gasteiger partial charge in [-0.2, -0.15) is 9.41 Å². The van der Waals surface area contributed by atoms with Crippen molar-refractivity contribution in [3.63, 3.8) is 0 Å². The fourth-order valence-electron chi connectivity index (χ4n) is 4.06. The van der Waals surface area contributed by atoms with Gasteiger partial charge in [-0.05, 0) is 67.4 Å². The van der Waals surface area contributed by atoms with Gasteiger partial charge in [0.25, 0.3) is 0 Å². The molecule has 9 heteroatoms. The van der Waals surface area contributed by atoms with Crippen molar-refractivity contribution in [2.75, 3.05) is 18.4 Å². The van der Waals surface area contributed by atoms with Crippen molar-refractivity contribution in [3.05, 3.63) is 59.8 Å². The van der Waals surface area contributed by atoms with Crippen LogP contribution < -0.4 is 10.7 Å².